The molecular weight excluding hydrogens is 388 g/mol. The fourth-order valence-corrected chi connectivity index (χ4v) is 3.62. The molecule has 0 fully saturated rings. The number of carbonyl (C=O) groups is 3. The van der Waals surface area contributed by atoms with Crippen LogP contribution in [0.15, 0.2) is 12.1 Å². The van der Waals surface area contributed by atoms with Crippen LogP contribution in [0.2, 0.25) is 0 Å². The minimum Gasteiger partial charge on any atom is -0.507 e. The van der Waals surface area contributed by atoms with Crippen LogP contribution in [0.4, 0.5) is 14.4 Å². The number of benzene rings is 1. The molecule has 0 radical (unpaired) electrons. The van der Waals surface area contributed by atoms with Crippen LogP contribution in [0.25, 0.3) is 0 Å². The average Bonchev–Trinajstić information content (AvgIpc) is 2.50. The van der Waals surface area contributed by atoms with Gasteiger partial charge in [0, 0.05) is 17.3 Å². The fourth-order valence-electron chi connectivity index (χ4n) is 2.11. The van der Waals surface area contributed by atoms with Crippen LogP contribution in [0.3, 0.4) is 0 Å². The van der Waals surface area contributed by atoms with Crippen molar-refractivity contribution in [1.29, 1.82) is 0 Å². The number of hydrogen-bond acceptors (Lipinski definition) is 7. The zero-order chi connectivity index (χ0) is 18.8. The molecule has 0 spiro atoms. The summed E-state index contributed by atoms with van der Waals surface area (Å²) in [6.45, 7) is 0. The monoisotopic (exact) mass is 406 g/mol. The van der Waals surface area contributed by atoms with Crippen molar-refractivity contribution in [2.75, 3.05) is 17.3 Å². The van der Waals surface area contributed by atoms with Crippen LogP contribution in [0.5, 0.6) is 5.75 Å². The standard InChI is InChI=1S/C15H18O7S3/c16-12-10(2-5-24-14(19)20)7-9(1-4-23-13(17)18)8-11(12)3-6-25-15(21)22/h7-8,16H,1-6H2,(H,17,18)(H,19,20)(H,21,22). The molecule has 0 aliphatic rings. The first-order valence-corrected chi connectivity index (χ1v) is 10.2. The van der Waals surface area contributed by atoms with Crippen LogP contribution in [-0.4, -0.2) is 53.6 Å². The maximum absolute atomic E-state index is 10.6. The molecule has 0 saturated carbocycles. The molecule has 25 heavy (non-hydrogen) atoms. The highest BCUT2D eigenvalue weighted by Crippen LogP contribution is 2.28. The normalized spacial score (nSPS) is 10.6. The van der Waals surface area contributed by atoms with E-state index in [1.165, 1.54) is 0 Å². The van der Waals surface area contributed by atoms with Gasteiger partial charge in [0.25, 0.3) is 0 Å². The highest BCUT2D eigenvalue weighted by atomic mass is 32.2. The number of phenolic OH excluding ortho intramolecular Hbond substituents is 1. The van der Waals surface area contributed by atoms with E-state index in [1.807, 2.05) is 0 Å². The SMILES string of the molecule is O=C(O)SCCc1cc(CCSC(=O)O)c(O)c(CCSC(=O)O)c1. The highest BCUT2D eigenvalue weighted by molar-refractivity contribution is 8.13. The van der Waals surface area contributed by atoms with E-state index in [2.05, 4.69) is 0 Å². The lowest BCUT2D eigenvalue weighted by Gasteiger charge is -2.13. The maximum atomic E-state index is 10.6. The number of hydrogen-bond donors (Lipinski definition) is 4. The second-order valence-electron chi connectivity index (χ2n) is 4.86. The summed E-state index contributed by atoms with van der Waals surface area (Å²) in [5.74, 6) is 0.998. The molecule has 0 heterocycles. The summed E-state index contributed by atoms with van der Waals surface area (Å²) in [5.41, 5.74) is 2.00. The van der Waals surface area contributed by atoms with Crippen molar-refractivity contribution in [2.24, 2.45) is 0 Å². The third kappa shape index (κ3) is 8.94. The van der Waals surface area contributed by atoms with Crippen molar-refractivity contribution < 1.29 is 34.8 Å². The van der Waals surface area contributed by atoms with E-state index in [0.29, 0.717) is 47.6 Å². The Bertz CT molecular complexity index is 593. The largest absolute Gasteiger partial charge is 0.507 e. The molecule has 7 nitrogen and oxygen atoms in total. The quantitative estimate of drug-likeness (QED) is 0.471. The smallest absolute Gasteiger partial charge is 0.364 e. The molecule has 0 amide bonds. The summed E-state index contributed by atoms with van der Waals surface area (Å²) < 4.78 is 0. The van der Waals surface area contributed by atoms with Crippen molar-refractivity contribution in [2.45, 2.75) is 19.3 Å². The Morgan fingerprint density at radius 2 is 1.08 bits per heavy atom. The van der Waals surface area contributed by atoms with E-state index in [1.54, 1.807) is 12.1 Å². The lowest BCUT2D eigenvalue weighted by molar-refractivity contribution is 0.221. The highest BCUT2D eigenvalue weighted by Gasteiger charge is 2.12. The fraction of sp³-hybridized carbons (Fsp3) is 0.400. The lowest BCUT2D eigenvalue weighted by Crippen LogP contribution is -2.02. The summed E-state index contributed by atoms with van der Waals surface area (Å²) >= 11 is 2.24. The van der Waals surface area contributed by atoms with Gasteiger partial charge in [-0.15, -0.1) is 0 Å². The molecule has 138 valence electrons. The van der Waals surface area contributed by atoms with Crippen molar-refractivity contribution in [3.63, 3.8) is 0 Å². The molecule has 0 aliphatic heterocycles. The van der Waals surface area contributed by atoms with Crippen molar-refractivity contribution in [3.05, 3.63) is 28.8 Å². The Kier molecular flexibility index (Phi) is 9.61. The van der Waals surface area contributed by atoms with Gasteiger partial charge in [-0.25, -0.2) is 14.4 Å². The van der Waals surface area contributed by atoms with Gasteiger partial charge in [0.2, 0.25) is 0 Å². The van der Waals surface area contributed by atoms with Crippen LogP contribution in [0, 0.1) is 0 Å². The lowest BCUT2D eigenvalue weighted by atomic mass is 9.99. The Hall–Kier alpha value is -1.52. The Labute approximate surface area is 157 Å². The maximum Gasteiger partial charge on any atom is 0.364 e. The van der Waals surface area contributed by atoms with Gasteiger partial charge in [0.15, 0.2) is 0 Å². The zero-order valence-electron chi connectivity index (χ0n) is 13.1. The van der Waals surface area contributed by atoms with Crippen molar-refractivity contribution in [1.82, 2.24) is 0 Å². The van der Waals surface area contributed by atoms with E-state index in [9.17, 15) is 19.5 Å². The summed E-state index contributed by atoms with van der Waals surface area (Å²) in [6, 6.07) is 3.49. The first kappa shape index (κ1) is 21.5. The number of rotatable bonds is 9. The van der Waals surface area contributed by atoms with Crippen molar-refractivity contribution >= 4 is 51.2 Å². The van der Waals surface area contributed by atoms with E-state index in [4.69, 9.17) is 15.3 Å². The van der Waals surface area contributed by atoms with Crippen LogP contribution in [0.1, 0.15) is 16.7 Å². The van der Waals surface area contributed by atoms with Gasteiger partial charge in [-0.1, -0.05) is 12.1 Å². The summed E-state index contributed by atoms with van der Waals surface area (Å²) in [6.07, 6.45) is 1.18. The predicted molar refractivity (Wildman–Crippen MR) is 101 cm³/mol. The Balaban J connectivity index is 2.88. The third-order valence-corrected chi connectivity index (χ3v) is 5.10. The summed E-state index contributed by atoms with van der Waals surface area (Å²) in [4.78, 5) is 31.8. The molecule has 10 heteroatoms. The first-order valence-electron chi connectivity index (χ1n) is 7.20. The van der Waals surface area contributed by atoms with Crippen molar-refractivity contribution in [3.8, 4) is 5.75 Å². The molecule has 1 aromatic rings. The Morgan fingerprint density at radius 1 is 0.720 bits per heavy atom. The Morgan fingerprint density at radius 3 is 1.44 bits per heavy atom. The van der Waals surface area contributed by atoms with Gasteiger partial charge in [-0.3, -0.25) is 0 Å². The molecule has 1 rings (SSSR count). The number of carboxylic acid groups (broad SMARTS) is 3. The summed E-state index contributed by atoms with van der Waals surface area (Å²) in [5, 5.41) is 33.5. The summed E-state index contributed by atoms with van der Waals surface area (Å²) in [7, 11) is 0. The second kappa shape index (κ2) is 11.2. The molecule has 0 atom stereocenters. The third-order valence-electron chi connectivity index (χ3n) is 3.14. The van der Waals surface area contributed by atoms with E-state index >= 15 is 0 Å². The average molecular weight is 407 g/mol. The van der Waals surface area contributed by atoms with Gasteiger partial charge < -0.3 is 20.4 Å². The number of aryl methyl sites for hydroxylation is 3. The van der Waals surface area contributed by atoms with Gasteiger partial charge in [-0.05, 0) is 71.2 Å². The molecule has 0 aliphatic carbocycles. The van der Waals surface area contributed by atoms with Crippen LogP contribution >= 0.6 is 35.3 Å². The molecule has 0 saturated heterocycles. The van der Waals surface area contributed by atoms with Gasteiger partial charge in [-0.2, -0.15) is 0 Å². The molecule has 0 bridgehead atoms. The predicted octanol–water partition coefficient (Wildman–Crippen LogP) is 4.25. The minimum atomic E-state index is -0.994. The van der Waals surface area contributed by atoms with Gasteiger partial charge in [0.1, 0.15) is 5.75 Å². The van der Waals surface area contributed by atoms with Gasteiger partial charge >= 0.3 is 15.9 Å². The number of thioether (sulfide) groups is 3. The van der Waals surface area contributed by atoms with E-state index in [-0.39, 0.29) is 5.75 Å². The number of phenols is 1. The van der Waals surface area contributed by atoms with E-state index in [0.717, 1.165) is 40.8 Å². The van der Waals surface area contributed by atoms with Crippen LogP contribution in [-0.2, 0) is 19.3 Å². The first-order chi connectivity index (χ1) is 11.8. The van der Waals surface area contributed by atoms with Crippen LogP contribution < -0.4 is 0 Å². The molecule has 4 N–H and O–H groups in total. The zero-order valence-corrected chi connectivity index (χ0v) is 15.6. The minimum absolute atomic E-state index is 0.0478. The van der Waals surface area contributed by atoms with E-state index < -0.39 is 15.9 Å². The molecule has 0 unspecified atom stereocenters. The molecule has 0 aromatic heterocycles. The molecular formula is C15H18O7S3. The van der Waals surface area contributed by atoms with Gasteiger partial charge in [0.05, 0.1) is 0 Å². The second-order valence-corrected chi connectivity index (χ2v) is 7.99. The topological polar surface area (TPSA) is 132 Å². The number of aromatic hydroxyl groups is 1. The molecule has 1 aromatic carbocycles.